The second-order valence-electron chi connectivity index (χ2n) is 5.69. The highest BCUT2D eigenvalue weighted by molar-refractivity contribution is 8.03. The lowest BCUT2D eigenvalue weighted by Crippen LogP contribution is -2.63. The Morgan fingerprint density at radius 1 is 1.32 bits per heavy atom. The fraction of sp³-hybridized carbons (Fsp3) is 0.375. The van der Waals surface area contributed by atoms with E-state index in [9.17, 15) is 19.8 Å². The number of rotatable bonds is 4. The second-order valence-corrected chi connectivity index (χ2v) is 6.80. The van der Waals surface area contributed by atoms with Gasteiger partial charge in [0.05, 0.1) is 18.1 Å². The Bertz CT molecular complexity index is 655. The van der Waals surface area contributed by atoms with Crippen LogP contribution >= 0.6 is 11.8 Å². The van der Waals surface area contributed by atoms with Crippen molar-refractivity contribution >= 4 is 23.6 Å². The van der Waals surface area contributed by atoms with Crippen molar-refractivity contribution in [3.8, 4) is 0 Å². The van der Waals surface area contributed by atoms with E-state index in [0.717, 1.165) is 4.90 Å². The van der Waals surface area contributed by atoms with Gasteiger partial charge in [-0.15, -0.1) is 0 Å². The molecule has 2 heterocycles. The topological polar surface area (TPSA) is 77.8 Å². The van der Waals surface area contributed by atoms with Crippen molar-refractivity contribution in [3.63, 3.8) is 0 Å². The highest BCUT2D eigenvalue weighted by Gasteiger charge is 2.60. The first-order valence-corrected chi connectivity index (χ1v) is 7.96. The molecule has 3 rings (SSSR count). The number of hydrogen-bond donors (Lipinski definition) is 2. The largest absolute Gasteiger partial charge is 0.477 e. The Kier molecular flexibility index (Phi) is 3.74. The fourth-order valence-electron chi connectivity index (χ4n) is 3.27. The minimum atomic E-state index is -1.09. The molecule has 0 aliphatic carbocycles. The third-order valence-corrected chi connectivity index (χ3v) is 5.58. The van der Waals surface area contributed by atoms with E-state index in [1.54, 1.807) is 6.92 Å². The maximum absolute atomic E-state index is 12.2. The molecule has 6 heteroatoms. The number of fused-ring (bicyclic) bond motifs is 1. The number of carbonyl (C=O) groups is 2. The van der Waals surface area contributed by atoms with Gasteiger partial charge < -0.3 is 15.1 Å². The van der Waals surface area contributed by atoms with Crippen LogP contribution in [0.4, 0.5) is 0 Å². The van der Waals surface area contributed by atoms with Crippen molar-refractivity contribution in [1.82, 2.24) is 4.90 Å². The molecule has 0 bridgehead atoms. The summed E-state index contributed by atoms with van der Waals surface area (Å²) in [5, 5.41) is 19.3. The molecule has 1 fully saturated rings. The van der Waals surface area contributed by atoms with Crippen molar-refractivity contribution in [2.75, 3.05) is 0 Å². The van der Waals surface area contributed by atoms with Crippen LogP contribution in [0.15, 0.2) is 45.8 Å². The van der Waals surface area contributed by atoms with Gasteiger partial charge in [-0.2, -0.15) is 0 Å². The minimum Gasteiger partial charge on any atom is -0.477 e. The molecule has 0 aromatic heterocycles. The van der Waals surface area contributed by atoms with Crippen LogP contribution in [0, 0.1) is 11.8 Å². The summed E-state index contributed by atoms with van der Waals surface area (Å²) >= 11 is 1.38. The number of aliphatic hydroxyl groups excluding tert-OH is 1. The van der Waals surface area contributed by atoms with Crippen molar-refractivity contribution in [1.29, 1.82) is 0 Å². The molecule has 2 aliphatic heterocycles. The summed E-state index contributed by atoms with van der Waals surface area (Å²) in [6.45, 7) is 3.50. The van der Waals surface area contributed by atoms with Crippen molar-refractivity contribution in [2.45, 2.75) is 30.9 Å². The SMILES string of the molecule is CC(O)[C@@H]1C(=O)N2C(C(=O)O)=C(Sc3ccccc3)[C@H](C)[C@@H]12. The number of aliphatic hydroxyl groups is 1. The van der Waals surface area contributed by atoms with E-state index in [-0.39, 0.29) is 23.6 Å². The van der Waals surface area contributed by atoms with Crippen molar-refractivity contribution < 1.29 is 19.8 Å². The minimum absolute atomic E-state index is 0.0632. The van der Waals surface area contributed by atoms with Gasteiger partial charge in [0.15, 0.2) is 0 Å². The van der Waals surface area contributed by atoms with Gasteiger partial charge in [0.2, 0.25) is 5.91 Å². The molecule has 0 radical (unpaired) electrons. The number of carbonyl (C=O) groups excluding carboxylic acids is 1. The highest BCUT2D eigenvalue weighted by Crippen LogP contribution is 2.51. The number of carboxylic acids is 1. The van der Waals surface area contributed by atoms with E-state index in [2.05, 4.69) is 0 Å². The summed E-state index contributed by atoms with van der Waals surface area (Å²) < 4.78 is 0. The monoisotopic (exact) mass is 319 g/mol. The van der Waals surface area contributed by atoms with Gasteiger partial charge in [-0.25, -0.2) is 4.79 Å². The molecule has 0 saturated carbocycles. The van der Waals surface area contributed by atoms with Gasteiger partial charge >= 0.3 is 5.97 Å². The summed E-state index contributed by atoms with van der Waals surface area (Å²) in [6.07, 6.45) is -0.771. The van der Waals surface area contributed by atoms with E-state index < -0.39 is 18.0 Å². The van der Waals surface area contributed by atoms with Gasteiger partial charge in [-0.1, -0.05) is 36.9 Å². The lowest BCUT2D eigenvalue weighted by Gasteiger charge is -2.46. The quantitative estimate of drug-likeness (QED) is 0.829. The summed E-state index contributed by atoms with van der Waals surface area (Å²) in [7, 11) is 0. The number of thioether (sulfide) groups is 1. The summed E-state index contributed by atoms with van der Waals surface area (Å²) in [4.78, 5) is 26.8. The van der Waals surface area contributed by atoms with Crippen LogP contribution in [-0.4, -0.2) is 39.1 Å². The van der Waals surface area contributed by atoms with Crippen LogP contribution in [0.1, 0.15) is 13.8 Å². The summed E-state index contributed by atoms with van der Waals surface area (Å²) in [6, 6.07) is 9.24. The Morgan fingerprint density at radius 2 is 1.95 bits per heavy atom. The first kappa shape index (κ1) is 15.1. The van der Waals surface area contributed by atoms with Crippen LogP contribution < -0.4 is 0 Å². The molecule has 1 amide bonds. The van der Waals surface area contributed by atoms with Crippen LogP contribution in [0.5, 0.6) is 0 Å². The Hall–Kier alpha value is -1.79. The molecule has 1 aromatic carbocycles. The van der Waals surface area contributed by atoms with Crippen LogP contribution in [0.25, 0.3) is 0 Å². The van der Waals surface area contributed by atoms with Crippen molar-refractivity contribution in [3.05, 3.63) is 40.9 Å². The van der Waals surface area contributed by atoms with Crippen LogP contribution in [0.3, 0.4) is 0 Å². The first-order chi connectivity index (χ1) is 10.4. The molecule has 1 saturated heterocycles. The number of nitrogens with zero attached hydrogens (tertiary/aromatic N) is 1. The molecular weight excluding hydrogens is 302 g/mol. The second kappa shape index (κ2) is 5.44. The zero-order chi connectivity index (χ0) is 16.0. The smallest absolute Gasteiger partial charge is 0.353 e. The molecule has 1 unspecified atom stereocenters. The molecule has 22 heavy (non-hydrogen) atoms. The van der Waals surface area contributed by atoms with E-state index in [1.165, 1.54) is 16.7 Å². The van der Waals surface area contributed by atoms with E-state index in [0.29, 0.717) is 4.91 Å². The van der Waals surface area contributed by atoms with E-state index in [4.69, 9.17) is 0 Å². The molecule has 2 aliphatic rings. The maximum Gasteiger partial charge on any atom is 0.353 e. The average molecular weight is 319 g/mol. The average Bonchev–Trinajstić information content (AvgIpc) is 2.70. The number of hydrogen-bond acceptors (Lipinski definition) is 4. The first-order valence-electron chi connectivity index (χ1n) is 7.15. The van der Waals surface area contributed by atoms with E-state index >= 15 is 0 Å². The summed E-state index contributed by atoms with van der Waals surface area (Å²) in [5.41, 5.74) is 0.0632. The Balaban J connectivity index is 1.97. The molecule has 116 valence electrons. The van der Waals surface area contributed by atoms with Gasteiger partial charge in [0.25, 0.3) is 0 Å². The van der Waals surface area contributed by atoms with E-state index in [1.807, 2.05) is 37.3 Å². The third kappa shape index (κ3) is 2.14. The number of carboxylic acid groups (broad SMARTS) is 1. The maximum atomic E-state index is 12.2. The standard InChI is InChI=1S/C16H17NO4S/c1-8-12-11(9(2)18)15(19)17(12)13(16(20)21)14(8)22-10-6-4-3-5-7-10/h3-9,11-12,18H,1-2H3,(H,20,21)/t8-,9?,11+,12+/m1/s1. The van der Waals surface area contributed by atoms with Gasteiger partial charge in [0, 0.05) is 15.7 Å². The van der Waals surface area contributed by atoms with Crippen LogP contribution in [0.2, 0.25) is 0 Å². The fourth-order valence-corrected chi connectivity index (χ4v) is 4.43. The van der Waals surface area contributed by atoms with Gasteiger partial charge in [-0.3, -0.25) is 4.79 Å². The molecular formula is C16H17NO4S. The molecule has 5 nitrogen and oxygen atoms in total. The molecule has 1 aromatic rings. The van der Waals surface area contributed by atoms with Crippen molar-refractivity contribution in [2.24, 2.45) is 11.8 Å². The number of benzene rings is 1. The van der Waals surface area contributed by atoms with Crippen LogP contribution in [-0.2, 0) is 9.59 Å². The van der Waals surface area contributed by atoms with Gasteiger partial charge in [-0.05, 0) is 19.1 Å². The lowest BCUT2D eigenvalue weighted by molar-refractivity contribution is -0.163. The lowest BCUT2D eigenvalue weighted by atomic mass is 9.79. The number of aliphatic carboxylic acids is 1. The predicted molar refractivity (Wildman–Crippen MR) is 81.9 cm³/mol. The molecule has 4 atom stereocenters. The Labute approximate surface area is 132 Å². The molecule has 2 N–H and O–H groups in total. The predicted octanol–water partition coefficient (Wildman–Crippen LogP) is 1.93. The van der Waals surface area contributed by atoms with Gasteiger partial charge in [0.1, 0.15) is 5.70 Å². The zero-order valence-electron chi connectivity index (χ0n) is 12.3. The highest BCUT2D eigenvalue weighted by atomic mass is 32.2. The Morgan fingerprint density at radius 3 is 2.50 bits per heavy atom. The molecule has 0 spiro atoms. The third-order valence-electron chi connectivity index (χ3n) is 4.28. The number of amides is 1. The zero-order valence-corrected chi connectivity index (χ0v) is 13.1. The normalized spacial score (nSPS) is 28.4. The summed E-state index contributed by atoms with van der Waals surface area (Å²) in [5.74, 6) is -2.01. The number of β-lactam (4-membered cyclic amide) rings is 1.